The summed E-state index contributed by atoms with van der Waals surface area (Å²) in [5.41, 5.74) is 7.47. The Hall–Kier alpha value is -1.42. The van der Waals surface area contributed by atoms with E-state index >= 15 is 0 Å². The minimum Gasteiger partial charge on any atom is -0.496 e. The van der Waals surface area contributed by atoms with Gasteiger partial charge >= 0.3 is 0 Å². The van der Waals surface area contributed by atoms with E-state index in [1.54, 1.807) is 21.3 Å². The second-order valence-corrected chi connectivity index (χ2v) is 5.37. The lowest BCUT2D eigenvalue weighted by molar-refractivity contribution is 0.291. The zero-order valence-electron chi connectivity index (χ0n) is 12.6. The highest BCUT2D eigenvalue weighted by molar-refractivity contribution is 5.52. The van der Waals surface area contributed by atoms with Crippen LogP contribution in [0.25, 0.3) is 0 Å². The molecule has 1 aliphatic rings. The van der Waals surface area contributed by atoms with Crippen LogP contribution in [0.2, 0.25) is 0 Å². The molecule has 0 amide bonds. The zero-order chi connectivity index (χ0) is 14.5. The van der Waals surface area contributed by atoms with Crippen LogP contribution in [0.1, 0.15) is 43.7 Å². The number of benzene rings is 1. The first-order chi connectivity index (χ1) is 9.71. The summed E-state index contributed by atoms with van der Waals surface area (Å²) in [5, 5.41) is 0. The van der Waals surface area contributed by atoms with Crippen LogP contribution in [-0.4, -0.2) is 21.3 Å². The molecule has 0 saturated heterocycles. The zero-order valence-corrected chi connectivity index (χ0v) is 12.6. The number of methoxy groups -OCH3 is 3. The molecule has 2 rings (SSSR count). The van der Waals surface area contributed by atoms with Crippen LogP contribution < -0.4 is 19.9 Å². The van der Waals surface area contributed by atoms with Crippen LogP contribution in [0, 0.1) is 5.92 Å². The molecule has 4 nitrogen and oxygen atoms in total. The first-order valence-electron chi connectivity index (χ1n) is 7.26. The van der Waals surface area contributed by atoms with Gasteiger partial charge in [-0.15, -0.1) is 0 Å². The van der Waals surface area contributed by atoms with E-state index in [9.17, 15) is 0 Å². The predicted molar refractivity (Wildman–Crippen MR) is 79.6 cm³/mol. The molecule has 1 aromatic carbocycles. The van der Waals surface area contributed by atoms with E-state index in [2.05, 4.69) is 0 Å². The van der Waals surface area contributed by atoms with Crippen molar-refractivity contribution in [2.45, 2.75) is 38.1 Å². The van der Waals surface area contributed by atoms with Gasteiger partial charge in [-0.1, -0.05) is 19.3 Å². The van der Waals surface area contributed by atoms with Gasteiger partial charge in [0.05, 0.1) is 26.9 Å². The van der Waals surface area contributed by atoms with E-state index in [0.29, 0.717) is 5.92 Å². The van der Waals surface area contributed by atoms with Gasteiger partial charge in [0, 0.05) is 18.2 Å². The third kappa shape index (κ3) is 3.01. The Morgan fingerprint density at radius 1 is 0.950 bits per heavy atom. The van der Waals surface area contributed by atoms with E-state index in [4.69, 9.17) is 19.9 Å². The first kappa shape index (κ1) is 15.0. The minimum absolute atomic E-state index is 0.0499. The van der Waals surface area contributed by atoms with Crippen molar-refractivity contribution in [3.8, 4) is 17.2 Å². The van der Waals surface area contributed by atoms with Crippen LogP contribution in [0.3, 0.4) is 0 Å². The third-order valence-electron chi connectivity index (χ3n) is 4.24. The Labute approximate surface area is 121 Å². The van der Waals surface area contributed by atoms with Gasteiger partial charge in [-0.05, 0) is 18.8 Å². The van der Waals surface area contributed by atoms with Gasteiger partial charge in [-0.25, -0.2) is 0 Å². The summed E-state index contributed by atoms with van der Waals surface area (Å²) in [4.78, 5) is 0. The molecular formula is C16H25NO3. The fourth-order valence-corrected chi connectivity index (χ4v) is 3.09. The highest BCUT2D eigenvalue weighted by Crippen LogP contribution is 2.43. The molecule has 4 heteroatoms. The summed E-state index contributed by atoms with van der Waals surface area (Å²) >= 11 is 0. The van der Waals surface area contributed by atoms with E-state index in [-0.39, 0.29) is 6.04 Å². The first-order valence-corrected chi connectivity index (χ1v) is 7.26. The van der Waals surface area contributed by atoms with Crippen molar-refractivity contribution in [1.82, 2.24) is 0 Å². The molecule has 0 radical (unpaired) electrons. The van der Waals surface area contributed by atoms with Crippen molar-refractivity contribution in [1.29, 1.82) is 0 Å². The van der Waals surface area contributed by atoms with Crippen molar-refractivity contribution in [3.63, 3.8) is 0 Å². The molecule has 2 N–H and O–H groups in total. The Bertz CT molecular complexity index is 416. The minimum atomic E-state index is -0.0499. The van der Waals surface area contributed by atoms with Crippen molar-refractivity contribution in [2.24, 2.45) is 11.7 Å². The smallest absolute Gasteiger partial charge is 0.131 e. The van der Waals surface area contributed by atoms with Crippen LogP contribution in [0.5, 0.6) is 17.2 Å². The van der Waals surface area contributed by atoms with E-state index in [1.165, 1.54) is 32.1 Å². The van der Waals surface area contributed by atoms with Gasteiger partial charge in [0.15, 0.2) is 0 Å². The second-order valence-electron chi connectivity index (χ2n) is 5.37. The van der Waals surface area contributed by atoms with Gasteiger partial charge in [-0.3, -0.25) is 0 Å². The quantitative estimate of drug-likeness (QED) is 0.898. The van der Waals surface area contributed by atoms with Crippen LogP contribution >= 0.6 is 0 Å². The van der Waals surface area contributed by atoms with Crippen LogP contribution in [0.15, 0.2) is 12.1 Å². The fourth-order valence-electron chi connectivity index (χ4n) is 3.09. The van der Waals surface area contributed by atoms with Crippen LogP contribution in [-0.2, 0) is 0 Å². The van der Waals surface area contributed by atoms with E-state index < -0.39 is 0 Å². The molecule has 0 heterocycles. The van der Waals surface area contributed by atoms with Gasteiger partial charge in [-0.2, -0.15) is 0 Å². The molecule has 1 aliphatic carbocycles. The standard InChI is InChI=1S/C16H25NO3/c1-18-12-9-13(19-2)15(14(10-12)20-3)16(17)11-7-5-4-6-8-11/h9-11,16H,4-8,17H2,1-3H3. The van der Waals surface area contributed by atoms with Crippen molar-refractivity contribution in [3.05, 3.63) is 17.7 Å². The molecule has 20 heavy (non-hydrogen) atoms. The molecule has 1 atom stereocenters. The molecule has 1 fully saturated rings. The number of hydrogen-bond acceptors (Lipinski definition) is 4. The largest absolute Gasteiger partial charge is 0.496 e. The SMILES string of the molecule is COc1cc(OC)c(C(N)C2CCCCC2)c(OC)c1. The number of nitrogens with two attached hydrogens (primary N) is 1. The molecule has 0 spiro atoms. The summed E-state index contributed by atoms with van der Waals surface area (Å²) in [6, 6.07) is 3.70. The lowest BCUT2D eigenvalue weighted by Crippen LogP contribution is -2.24. The normalized spacial score (nSPS) is 17.6. The molecule has 112 valence electrons. The van der Waals surface area contributed by atoms with Gasteiger partial charge in [0.2, 0.25) is 0 Å². The van der Waals surface area contributed by atoms with Gasteiger partial charge in [0.25, 0.3) is 0 Å². The second kappa shape index (κ2) is 6.84. The van der Waals surface area contributed by atoms with Crippen molar-refractivity contribution < 1.29 is 14.2 Å². The maximum absolute atomic E-state index is 6.51. The predicted octanol–water partition coefficient (Wildman–Crippen LogP) is 3.29. The van der Waals surface area contributed by atoms with E-state index in [1.807, 2.05) is 12.1 Å². The van der Waals surface area contributed by atoms with Gasteiger partial charge in [0.1, 0.15) is 17.2 Å². The fraction of sp³-hybridized carbons (Fsp3) is 0.625. The highest BCUT2D eigenvalue weighted by Gasteiger charge is 2.27. The lowest BCUT2D eigenvalue weighted by Gasteiger charge is -2.29. The number of rotatable bonds is 5. The third-order valence-corrected chi connectivity index (χ3v) is 4.24. The summed E-state index contributed by atoms with van der Waals surface area (Å²) < 4.78 is 16.3. The van der Waals surface area contributed by atoms with Gasteiger partial charge < -0.3 is 19.9 Å². The maximum atomic E-state index is 6.51. The Morgan fingerprint density at radius 2 is 1.50 bits per heavy atom. The molecule has 1 saturated carbocycles. The maximum Gasteiger partial charge on any atom is 0.131 e. The molecule has 0 aromatic heterocycles. The lowest BCUT2D eigenvalue weighted by atomic mass is 9.81. The molecule has 1 unspecified atom stereocenters. The monoisotopic (exact) mass is 279 g/mol. The Balaban J connectivity index is 2.36. The average molecular weight is 279 g/mol. The van der Waals surface area contributed by atoms with Crippen LogP contribution in [0.4, 0.5) is 0 Å². The average Bonchev–Trinajstić information content (AvgIpc) is 2.53. The van der Waals surface area contributed by atoms with Crippen molar-refractivity contribution in [2.75, 3.05) is 21.3 Å². The highest BCUT2D eigenvalue weighted by atomic mass is 16.5. The topological polar surface area (TPSA) is 53.7 Å². The Kier molecular flexibility index (Phi) is 5.12. The molecule has 1 aromatic rings. The molecular weight excluding hydrogens is 254 g/mol. The summed E-state index contributed by atoms with van der Waals surface area (Å²) in [6.07, 6.45) is 6.21. The number of hydrogen-bond donors (Lipinski definition) is 1. The Morgan fingerprint density at radius 3 is 1.95 bits per heavy atom. The number of ether oxygens (including phenoxy) is 3. The summed E-state index contributed by atoms with van der Waals surface area (Å²) in [7, 11) is 4.95. The summed E-state index contributed by atoms with van der Waals surface area (Å²) in [6.45, 7) is 0. The summed E-state index contributed by atoms with van der Waals surface area (Å²) in [5.74, 6) is 2.72. The van der Waals surface area contributed by atoms with E-state index in [0.717, 1.165) is 22.8 Å². The molecule has 0 bridgehead atoms. The molecule has 0 aliphatic heterocycles. The van der Waals surface area contributed by atoms with Crippen molar-refractivity contribution >= 4 is 0 Å².